The number of alkyl halides is 2. The number of rotatable bonds is 13. The van der Waals surface area contributed by atoms with Crippen molar-refractivity contribution in [3.63, 3.8) is 0 Å². The molecular formula is C16H28Br2O4. The number of carbonyl (C=O) groups is 2. The van der Waals surface area contributed by atoms with E-state index < -0.39 is 21.1 Å². The Hall–Kier alpha value is -0.100. The fourth-order valence-electron chi connectivity index (χ4n) is 2.64. The van der Waals surface area contributed by atoms with Gasteiger partial charge in [-0.3, -0.25) is 9.59 Å². The summed E-state index contributed by atoms with van der Waals surface area (Å²) in [6, 6.07) is 0. The molecule has 0 aromatic rings. The number of aliphatic carboxylic acids is 2. The Labute approximate surface area is 150 Å². The van der Waals surface area contributed by atoms with Gasteiger partial charge in [0.2, 0.25) is 0 Å². The summed E-state index contributed by atoms with van der Waals surface area (Å²) in [4.78, 5) is 22.1. The molecule has 0 aliphatic rings. The third-order valence-electron chi connectivity index (χ3n) is 4.08. The number of halogens is 2. The SMILES string of the molecule is CCCCC(CCCC(Br)C(=O)O)C(Br)(CCCC)C(=O)O. The van der Waals surface area contributed by atoms with Crippen molar-refractivity contribution < 1.29 is 19.8 Å². The van der Waals surface area contributed by atoms with Crippen LogP contribution < -0.4 is 0 Å². The standard InChI is InChI=1S/C16H28Br2O4/c1-3-5-8-12(9-7-10-13(17)14(19)20)16(18,15(21)22)11-6-4-2/h12-13H,3-11H2,1-2H3,(H,19,20)(H,21,22). The van der Waals surface area contributed by atoms with Crippen LogP contribution in [0.4, 0.5) is 0 Å². The van der Waals surface area contributed by atoms with Gasteiger partial charge in [-0.2, -0.15) is 0 Å². The Kier molecular flexibility index (Phi) is 11.4. The van der Waals surface area contributed by atoms with Gasteiger partial charge in [0.05, 0.1) is 0 Å². The summed E-state index contributed by atoms with van der Waals surface area (Å²) in [6.07, 6.45) is 7.30. The molecule has 6 heteroatoms. The zero-order valence-corrected chi connectivity index (χ0v) is 16.7. The molecule has 0 amide bonds. The first-order valence-corrected chi connectivity index (χ1v) is 9.79. The second-order valence-corrected chi connectivity index (χ2v) is 8.37. The molecule has 4 nitrogen and oxygen atoms in total. The highest BCUT2D eigenvalue weighted by atomic mass is 79.9. The van der Waals surface area contributed by atoms with E-state index in [1.807, 2.05) is 0 Å². The largest absolute Gasteiger partial charge is 0.480 e. The molecule has 0 aromatic carbocycles. The van der Waals surface area contributed by atoms with Gasteiger partial charge >= 0.3 is 11.9 Å². The first kappa shape index (κ1) is 21.9. The normalized spacial score (nSPS) is 16.7. The topological polar surface area (TPSA) is 74.6 Å². The minimum Gasteiger partial charge on any atom is -0.480 e. The molecule has 0 fully saturated rings. The van der Waals surface area contributed by atoms with Gasteiger partial charge in [0, 0.05) is 0 Å². The van der Waals surface area contributed by atoms with E-state index in [-0.39, 0.29) is 5.92 Å². The predicted molar refractivity (Wildman–Crippen MR) is 96.0 cm³/mol. The zero-order valence-electron chi connectivity index (χ0n) is 13.5. The average Bonchev–Trinajstić information content (AvgIpc) is 2.47. The van der Waals surface area contributed by atoms with Crippen LogP contribution in [0.2, 0.25) is 0 Å². The molecule has 0 aromatic heterocycles. The second-order valence-electron chi connectivity index (χ2n) is 5.85. The summed E-state index contributed by atoms with van der Waals surface area (Å²) in [6.45, 7) is 4.15. The van der Waals surface area contributed by atoms with Crippen molar-refractivity contribution in [3.8, 4) is 0 Å². The molecule has 0 heterocycles. The lowest BCUT2D eigenvalue weighted by Gasteiger charge is -2.32. The third kappa shape index (κ3) is 7.44. The minimum absolute atomic E-state index is 0.0324. The Morgan fingerprint density at radius 2 is 1.55 bits per heavy atom. The first-order valence-electron chi connectivity index (χ1n) is 8.08. The fraction of sp³-hybridized carbons (Fsp3) is 0.875. The van der Waals surface area contributed by atoms with Gasteiger partial charge < -0.3 is 10.2 Å². The Balaban J connectivity index is 4.82. The molecule has 130 valence electrons. The Morgan fingerprint density at radius 1 is 1.00 bits per heavy atom. The van der Waals surface area contributed by atoms with Crippen LogP contribution in [-0.4, -0.2) is 31.3 Å². The highest BCUT2D eigenvalue weighted by molar-refractivity contribution is 9.10. The molecule has 0 aliphatic carbocycles. The summed E-state index contributed by atoms with van der Waals surface area (Å²) in [5.74, 6) is -1.62. The zero-order chi connectivity index (χ0) is 17.2. The molecule has 22 heavy (non-hydrogen) atoms. The van der Waals surface area contributed by atoms with Crippen LogP contribution in [0.1, 0.15) is 71.6 Å². The predicted octanol–water partition coefficient (Wildman–Crippen LogP) is 5.22. The highest BCUT2D eigenvalue weighted by Crippen LogP contribution is 2.40. The van der Waals surface area contributed by atoms with Crippen molar-refractivity contribution in [1.29, 1.82) is 0 Å². The molecular weight excluding hydrogens is 416 g/mol. The average molecular weight is 444 g/mol. The Morgan fingerprint density at radius 3 is 2.00 bits per heavy atom. The molecule has 0 saturated carbocycles. The van der Waals surface area contributed by atoms with E-state index in [2.05, 4.69) is 45.7 Å². The van der Waals surface area contributed by atoms with Gasteiger partial charge in [-0.05, 0) is 31.6 Å². The highest BCUT2D eigenvalue weighted by Gasteiger charge is 2.42. The number of carboxylic acid groups (broad SMARTS) is 2. The first-order chi connectivity index (χ1) is 10.3. The molecule has 0 aliphatic heterocycles. The summed E-state index contributed by atoms with van der Waals surface area (Å²) >= 11 is 6.65. The molecule has 3 atom stereocenters. The smallest absolute Gasteiger partial charge is 0.320 e. The molecule has 0 saturated heterocycles. The van der Waals surface area contributed by atoms with Gasteiger partial charge in [0.15, 0.2) is 0 Å². The van der Waals surface area contributed by atoms with Gasteiger partial charge in [-0.25, -0.2) is 0 Å². The molecule has 2 N–H and O–H groups in total. The quantitative estimate of drug-likeness (QED) is 0.382. The van der Waals surface area contributed by atoms with E-state index >= 15 is 0 Å². The van der Waals surface area contributed by atoms with Crippen LogP contribution >= 0.6 is 31.9 Å². The van der Waals surface area contributed by atoms with Crippen molar-refractivity contribution in [2.24, 2.45) is 5.92 Å². The van der Waals surface area contributed by atoms with Crippen molar-refractivity contribution in [2.75, 3.05) is 0 Å². The van der Waals surface area contributed by atoms with E-state index in [1.165, 1.54) is 0 Å². The number of carboxylic acids is 2. The van der Waals surface area contributed by atoms with Crippen LogP contribution in [0.15, 0.2) is 0 Å². The summed E-state index contributed by atoms with van der Waals surface area (Å²) in [7, 11) is 0. The molecule has 0 rings (SSSR count). The Bertz CT molecular complexity index is 349. The maximum atomic E-state index is 11.8. The van der Waals surface area contributed by atoms with E-state index in [9.17, 15) is 14.7 Å². The van der Waals surface area contributed by atoms with Gasteiger partial charge in [-0.1, -0.05) is 77.8 Å². The lowest BCUT2D eigenvalue weighted by Crippen LogP contribution is -2.40. The van der Waals surface area contributed by atoms with Crippen molar-refractivity contribution in [1.82, 2.24) is 0 Å². The molecule has 0 spiro atoms. The number of unbranched alkanes of at least 4 members (excludes halogenated alkanes) is 2. The van der Waals surface area contributed by atoms with Crippen molar-refractivity contribution in [3.05, 3.63) is 0 Å². The third-order valence-corrected chi connectivity index (χ3v) is 6.31. The van der Waals surface area contributed by atoms with E-state index in [1.54, 1.807) is 0 Å². The van der Waals surface area contributed by atoms with Crippen LogP contribution in [0.5, 0.6) is 0 Å². The van der Waals surface area contributed by atoms with Gasteiger partial charge in [-0.15, -0.1) is 0 Å². The summed E-state index contributed by atoms with van der Waals surface area (Å²) < 4.78 is -0.886. The lowest BCUT2D eigenvalue weighted by atomic mass is 9.81. The van der Waals surface area contributed by atoms with E-state index in [0.717, 1.165) is 38.5 Å². The summed E-state index contributed by atoms with van der Waals surface area (Å²) in [5.41, 5.74) is 0. The van der Waals surface area contributed by atoms with Crippen LogP contribution in [0, 0.1) is 5.92 Å². The van der Waals surface area contributed by atoms with Gasteiger partial charge in [0.1, 0.15) is 9.15 Å². The van der Waals surface area contributed by atoms with Crippen LogP contribution in [-0.2, 0) is 9.59 Å². The van der Waals surface area contributed by atoms with E-state index in [0.29, 0.717) is 19.3 Å². The molecule has 0 radical (unpaired) electrons. The van der Waals surface area contributed by atoms with Crippen molar-refractivity contribution >= 4 is 43.8 Å². The monoisotopic (exact) mass is 442 g/mol. The maximum absolute atomic E-state index is 11.8. The lowest BCUT2D eigenvalue weighted by molar-refractivity contribution is -0.142. The second kappa shape index (κ2) is 11.4. The molecule has 3 unspecified atom stereocenters. The maximum Gasteiger partial charge on any atom is 0.320 e. The number of hydrogen-bond acceptors (Lipinski definition) is 2. The fourth-order valence-corrected chi connectivity index (χ4v) is 3.70. The summed E-state index contributed by atoms with van der Waals surface area (Å²) in [5, 5.41) is 18.6. The van der Waals surface area contributed by atoms with E-state index in [4.69, 9.17) is 5.11 Å². The van der Waals surface area contributed by atoms with Crippen molar-refractivity contribution in [2.45, 2.75) is 80.8 Å². The minimum atomic E-state index is -0.886. The van der Waals surface area contributed by atoms with Crippen LogP contribution in [0.25, 0.3) is 0 Å². The van der Waals surface area contributed by atoms with Crippen LogP contribution in [0.3, 0.4) is 0 Å². The molecule has 0 bridgehead atoms. The number of hydrogen-bond donors (Lipinski definition) is 2. The van der Waals surface area contributed by atoms with Gasteiger partial charge in [0.25, 0.3) is 0 Å².